The maximum Gasteiger partial charge on any atom is 0.0958 e. The fourth-order valence-electron chi connectivity index (χ4n) is 0.962. The molecule has 11 heavy (non-hydrogen) atoms. The number of aliphatic hydroxyl groups excluding tert-OH is 3. The number of hydrogen-bond donors (Lipinski definition) is 3. The van der Waals surface area contributed by atoms with E-state index in [-0.39, 0.29) is 31.5 Å². The Balaban J connectivity index is 0. The second kappa shape index (κ2) is 5.99. The van der Waals surface area contributed by atoms with Crippen molar-refractivity contribution in [2.24, 2.45) is 0 Å². The van der Waals surface area contributed by atoms with E-state index in [1.54, 1.807) is 4.90 Å². The lowest BCUT2D eigenvalue weighted by atomic mass is 10.3. The number of halogens is 2. The summed E-state index contributed by atoms with van der Waals surface area (Å²) in [6, 6.07) is 0. The molecule has 1 rings (SSSR count). The van der Waals surface area contributed by atoms with Gasteiger partial charge in [0, 0.05) is 13.1 Å². The fraction of sp³-hybridized carbons (Fsp3) is 1.00. The van der Waals surface area contributed by atoms with Gasteiger partial charge >= 0.3 is 0 Å². The number of hydrogen-bond acceptors (Lipinski definition) is 4. The van der Waals surface area contributed by atoms with Gasteiger partial charge in [-0.1, -0.05) is 0 Å². The first-order chi connectivity index (χ1) is 4.24. The van der Waals surface area contributed by atoms with Crippen LogP contribution < -0.4 is 0 Å². The van der Waals surface area contributed by atoms with E-state index in [1.807, 2.05) is 0 Å². The van der Waals surface area contributed by atoms with Crippen molar-refractivity contribution in [1.82, 2.24) is 4.90 Å². The molecule has 0 bridgehead atoms. The molecule has 0 aliphatic carbocycles. The summed E-state index contributed by atoms with van der Waals surface area (Å²) in [5.74, 6) is 0. The van der Waals surface area contributed by atoms with Crippen molar-refractivity contribution in [2.75, 3.05) is 19.8 Å². The SMILES string of the molecule is Cl.Cl.OCN1CC(O)C(O)C1. The zero-order valence-corrected chi connectivity index (χ0v) is 7.51. The Labute approximate surface area is 77.6 Å². The molecule has 0 radical (unpaired) electrons. The van der Waals surface area contributed by atoms with E-state index >= 15 is 0 Å². The lowest BCUT2D eigenvalue weighted by Crippen LogP contribution is -2.22. The average molecular weight is 206 g/mol. The van der Waals surface area contributed by atoms with Crippen LogP contribution in [0.4, 0.5) is 0 Å². The van der Waals surface area contributed by atoms with Crippen molar-refractivity contribution in [3.05, 3.63) is 0 Å². The maximum absolute atomic E-state index is 8.90. The second-order valence-corrected chi connectivity index (χ2v) is 2.31. The number of rotatable bonds is 1. The molecule has 2 atom stereocenters. The summed E-state index contributed by atoms with van der Waals surface area (Å²) in [5, 5.41) is 26.3. The van der Waals surface area contributed by atoms with Crippen LogP contribution in [0, 0.1) is 0 Å². The molecule has 0 aromatic heterocycles. The van der Waals surface area contributed by atoms with E-state index in [4.69, 9.17) is 15.3 Å². The smallest absolute Gasteiger partial charge is 0.0958 e. The summed E-state index contributed by atoms with van der Waals surface area (Å²) in [5.41, 5.74) is 0. The quantitative estimate of drug-likeness (QED) is 0.505. The van der Waals surface area contributed by atoms with Crippen molar-refractivity contribution in [3.8, 4) is 0 Å². The van der Waals surface area contributed by atoms with Gasteiger partial charge < -0.3 is 15.3 Å². The number of nitrogens with zero attached hydrogens (tertiary/aromatic N) is 1. The third-order valence-corrected chi connectivity index (χ3v) is 1.53. The van der Waals surface area contributed by atoms with E-state index in [0.29, 0.717) is 13.1 Å². The third kappa shape index (κ3) is 3.55. The number of likely N-dealkylation sites (tertiary alicyclic amines) is 1. The monoisotopic (exact) mass is 205 g/mol. The molecule has 1 saturated heterocycles. The standard InChI is InChI=1S/C5H11NO3.2ClH/c7-3-6-1-4(8)5(9)2-6;;/h4-5,7-9H,1-3H2;2*1H. The predicted molar refractivity (Wildman–Crippen MR) is 45.2 cm³/mol. The normalized spacial score (nSPS) is 30.8. The van der Waals surface area contributed by atoms with E-state index < -0.39 is 12.2 Å². The van der Waals surface area contributed by atoms with Crippen LogP contribution >= 0.6 is 24.8 Å². The van der Waals surface area contributed by atoms with Gasteiger partial charge in [-0.25, -0.2) is 0 Å². The summed E-state index contributed by atoms with van der Waals surface area (Å²) in [7, 11) is 0. The molecule has 6 heteroatoms. The van der Waals surface area contributed by atoms with E-state index in [2.05, 4.69) is 0 Å². The first-order valence-electron chi connectivity index (χ1n) is 2.93. The molecular weight excluding hydrogens is 193 g/mol. The van der Waals surface area contributed by atoms with Crippen molar-refractivity contribution in [2.45, 2.75) is 12.2 Å². The number of aliphatic hydroxyl groups is 3. The number of β-amino-alcohol motifs (C(OH)–C–C–N with tert-alkyl or cyclic N) is 2. The molecular formula is C5H13Cl2NO3. The Morgan fingerprint density at radius 3 is 1.64 bits per heavy atom. The van der Waals surface area contributed by atoms with Crippen LogP contribution in [0.5, 0.6) is 0 Å². The summed E-state index contributed by atoms with van der Waals surface area (Å²) < 4.78 is 0. The minimum absolute atomic E-state index is 0. The molecule has 0 aromatic rings. The molecule has 0 spiro atoms. The van der Waals surface area contributed by atoms with E-state index in [9.17, 15) is 0 Å². The molecule has 0 aromatic carbocycles. The van der Waals surface area contributed by atoms with Gasteiger partial charge in [0.05, 0.1) is 18.9 Å². The summed E-state index contributed by atoms with van der Waals surface area (Å²) in [4.78, 5) is 1.58. The lowest BCUT2D eigenvalue weighted by Gasteiger charge is -2.07. The third-order valence-electron chi connectivity index (χ3n) is 1.53. The highest BCUT2D eigenvalue weighted by Crippen LogP contribution is 2.07. The Kier molecular flexibility index (Phi) is 7.61. The van der Waals surface area contributed by atoms with Crippen LogP contribution in [-0.4, -0.2) is 52.2 Å². The van der Waals surface area contributed by atoms with Crippen LogP contribution in [0.1, 0.15) is 0 Å². The molecule has 1 fully saturated rings. The van der Waals surface area contributed by atoms with Gasteiger partial charge in [-0.3, -0.25) is 4.90 Å². The zero-order chi connectivity index (χ0) is 6.85. The van der Waals surface area contributed by atoms with Crippen molar-refractivity contribution in [1.29, 1.82) is 0 Å². The largest absolute Gasteiger partial charge is 0.389 e. The Morgan fingerprint density at radius 1 is 1.09 bits per heavy atom. The molecule has 0 saturated carbocycles. The highest BCUT2D eigenvalue weighted by Gasteiger charge is 2.28. The van der Waals surface area contributed by atoms with Crippen LogP contribution in [0.3, 0.4) is 0 Å². The Bertz CT molecular complexity index is 95.7. The molecule has 4 nitrogen and oxygen atoms in total. The van der Waals surface area contributed by atoms with E-state index in [0.717, 1.165) is 0 Å². The summed E-state index contributed by atoms with van der Waals surface area (Å²) in [6.07, 6.45) is -1.37. The maximum atomic E-state index is 8.90. The first kappa shape index (κ1) is 14.0. The minimum Gasteiger partial charge on any atom is -0.389 e. The first-order valence-corrected chi connectivity index (χ1v) is 2.93. The van der Waals surface area contributed by atoms with E-state index in [1.165, 1.54) is 0 Å². The summed E-state index contributed by atoms with van der Waals surface area (Å²) in [6.45, 7) is 0.656. The fourth-order valence-corrected chi connectivity index (χ4v) is 0.962. The van der Waals surface area contributed by atoms with Crippen LogP contribution in [0.25, 0.3) is 0 Å². The summed E-state index contributed by atoms with van der Waals surface area (Å²) >= 11 is 0. The van der Waals surface area contributed by atoms with Crippen LogP contribution in [0.15, 0.2) is 0 Å². The Hall–Kier alpha value is 0.420. The minimum atomic E-state index is -0.683. The van der Waals surface area contributed by atoms with Crippen LogP contribution in [-0.2, 0) is 0 Å². The molecule has 1 aliphatic rings. The molecule has 3 N–H and O–H groups in total. The molecule has 1 heterocycles. The van der Waals surface area contributed by atoms with Crippen molar-refractivity contribution < 1.29 is 15.3 Å². The molecule has 70 valence electrons. The van der Waals surface area contributed by atoms with Gasteiger partial charge in [0.25, 0.3) is 0 Å². The molecule has 0 amide bonds. The highest BCUT2D eigenvalue weighted by atomic mass is 35.5. The topological polar surface area (TPSA) is 63.9 Å². The van der Waals surface area contributed by atoms with Gasteiger partial charge in [0.2, 0.25) is 0 Å². The second-order valence-electron chi connectivity index (χ2n) is 2.31. The highest BCUT2D eigenvalue weighted by molar-refractivity contribution is 5.85. The Morgan fingerprint density at radius 2 is 1.45 bits per heavy atom. The van der Waals surface area contributed by atoms with Crippen molar-refractivity contribution >= 4 is 24.8 Å². The lowest BCUT2D eigenvalue weighted by molar-refractivity contribution is 0.0572. The van der Waals surface area contributed by atoms with Gasteiger partial charge in [0.1, 0.15) is 0 Å². The van der Waals surface area contributed by atoms with Gasteiger partial charge in [-0.15, -0.1) is 24.8 Å². The molecule has 2 unspecified atom stereocenters. The predicted octanol–water partition coefficient (Wildman–Crippen LogP) is -1.18. The van der Waals surface area contributed by atoms with Gasteiger partial charge in [0.15, 0.2) is 0 Å². The van der Waals surface area contributed by atoms with Crippen molar-refractivity contribution in [3.63, 3.8) is 0 Å². The van der Waals surface area contributed by atoms with Gasteiger partial charge in [-0.2, -0.15) is 0 Å². The average Bonchev–Trinajstić information content (AvgIpc) is 2.13. The van der Waals surface area contributed by atoms with Crippen LogP contribution in [0.2, 0.25) is 0 Å². The zero-order valence-electron chi connectivity index (χ0n) is 5.88. The molecule has 1 aliphatic heterocycles. The van der Waals surface area contributed by atoms with Gasteiger partial charge in [-0.05, 0) is 0 Å².